The first-order valence-electron chi connectivity index (χ1n) is 7.40. The maximum Gasteiger partial charge on any atom is 0.119 e. The van der Waals surface area contributed by atoms with Gasteiger partial charge in [0.15, 0.2) is 0 Å². The number of rotatable bonds is 7. The molecule has 20 heavy (non-hydrogen) atoms. The summed E-state index contributed by atoms with van der Waals surface area (Å²) in [7, 11) is 0. The molecule has 3 N–H and O–H groups in total. The summed E-state index contributed by atoms with van der Waals surface area (Å²) >= 11 is 0. The summed E-state index contributed by atoms with van der Waals surface area (Å²) in [6.45, 7) is 10.6. The van der Waals surface area contributed by atoms with Gasteiger partial charge >= 0.3 is 0 Å². The summed E-state index contributed by atoms with van der Waals surface area (Å²) in [5, 5.41) is 9.95. The molecular formula is C17H29NO2. The molecule has 2 atom stereocenters. The molecule has 114 valence electrons. The van der Waals surface area contributed by atoms with Crippen LogP contribution in [-0.4, -0.2) is 23.4 Å². The van der Waals surface area contributed by atoms with E-state index in [-0.39, 0.29) is 18.1 Å². The third kappa shape index (κ3) is 4.80. The zero-order valence-electron chi connectivity index (χ0n) is 13.4. The first-order valence-corrected chi connectivity index (χ1v) is 7.40. The second-order valence-electron chi connectivity index (χ2n) is 6.60. The maximum absolute atomic E-state index is 9.95. The van der Waals surface area contributed by atoms with Gasteiger partial charge in [-0.3, -0.25) is 0 Å². The van der Waals surface area contributed by atoms with Crippen LogP contribution in [0.4, 0.5) is 0 Å². The molecule has 1 aromatic rings. The van der Waals surface area contributed by atoms with E-state index in [1.54, 1.807) is 6.92 Å². The molecule has 1 aromatic carbocycles. The maximum atomic E-state index is 9.95. The molecule has 0 radical (unpaired) electrons. The summed E-state index contributed by atoms with van der Waals surface area (Å²) in [5.41, 5.74) is 6.16. The zero-order chi connectivity index (χ0) is 15.4. The van der Waals surface area contributed by atoms with Gasteiger partial charge in [-0.2, -0.15) is 0 Å². The fraction of sp³-hybridized carbons (Fsp3) is 0.647. The topological polar surface area (TPSA) is 55.5 Å². The highest BCUT2D eigenvalue weighted by molar-refractivity contribution is 5.31. The Morgan fingerprint density at radius 3 is 2.20 bits per heavy atom. The molecule has 2 unspecified atom stereocenters. The van der Waals surface area contributed by atoms with E-state index in [4.69, 9.17) is 10.5 Å². The second kappa shape index (κ2) is 6.59. The third-order valence-corrected chi connectivity index (χ3v) is 4.02. The number of nitrogens with two attached hydrogens (primary N) is 1. The van der Waals surface area contributed by atoms with Gasteiger partial charge in [0.25, 0.3) is 0 Å². The molecular weight excluding hydrogens is 250 g/mol. The minimum atomic E-state index is -0.871. The van der Waals surface area contributed by atoms with Gasteiger partial charge in [0.05, 0.1) is 11.7 Å². The molecule has 0 aliphatic heterocycles. The molecule has 0 spiro atoms. The van der Waals surface area contributed by atoms with Crippen LogP contribution in [0.3, 0.4) is 0 Å². The molecule has 3 heteroatoms. The summed E-state index contributed by atoms with van der Waals surface area (Å²) in [4.78, 5) is 0. The highest BCUT2D eigenvalue weighted by Gasteiger charge is 2.23. The second-order valence-corrected chi connectivity index (χ2v) is 6.60. The van der Waals surface area contributed by atoms with Crippen molar-refractivity contribution in [3.63, 3.8) is 0 Å². The number of hydrogen-bond acceptors (Lipinski definition) is 3. The molecule has 1 rings (SSSR count). The Morgan fingerprint density at radius 1 is 1.20 bits per heavy atom. The van der Waals surface area contributed by atoms with Crippen LogP contribution in [0.5, 0.6) is 5.75 Å². The Bertz CT molecular complexity index is 410. The Balaban J connectivity index is 2.66. The molecule has 0 aliphatic rings. The van der Waals surface area contributed by atoms with Crippen molar-refractivity contribution in [2.75, 3.05) is 6.54 Å². The molecule has 0 bridgehead atoms. The van der Waals surface area contributed by atoms with Gasteiger partial charge < -0.3 is 15.6 Å². The van der Waals surface area contributed by atoms with Gasteiger partial charge in [0.1, 0.15) is 5.75 Å². The SMILES string of the molecule is CCC(C)(C)c1ccc(OC(C)CC(C)(O)CN)cc1. The Kier molecular flexibility index (Phi) is 5.60. The van der Waals surface area contributed by atoms with E-state index in [1.165, 1.54) is 5.56 Å². The minimum absolute atomic E-state index is 0.0708. The van der Waals surface area contributed by atoms with Crippen molar-refractivity contribution in [3.8, 4) is 5.75 Å². The highest BCUT2D eigenvalue weighted by Crippen LogP contribution is 2.28. The predicted octanol–water partition coefficient (Wildman–Crippen LogP) is 3.24. The summed E-state index contributed by atoms with van der Waals surface area (Å²) in [6.07, 6.45) is 1.55. The van der Waals surface area contributed by atoms with Gasteiger partial charge in [-0.05, 0) is 43.4 Å². The normalized spacial score (nSPS) is 16.6. The third-order valence-electron chi connectivity index (χ3n) is 4.02. The van der Waals surface area contributed by atoms with Crippen LogP contribution in [0.25, 0.3) is 0 Å². The highest BCUT2D eigenvalue weighted by atomic mass is 16.5. The summed E-state index contributed by atoms with van der Waals surface area (Å²) in [6, 6.07) is 8.24. The quantitative estimate of drug-likeness (QED) is 0.805. The minimum Gasteiger partial charge on any atom is -0.491 e. The lowest BCUT2D eigenvalue weighted by Gasteiger charge is -2.26. The number of benzene rings is 1. The Hall–Kier alpha value is -1.06. The Morgan fingerprint density at radius 2 is 1.75 bits per heavy atom. The van der Waals surface area contributed by atoms with Crippen molar-refractivity contribution >= 4 is 0 Å². The van der Waals surface area contributed by atoms with Crippen LogP contribution in [-0.2, 0) is 5.41 Å². The smallest absolute Gasteiger partial charge is 0.119 e. The summed E-state index contributed by atoms with van der Waals surface area (Å²) < 4.78 is 5.84. The number of ether oxygens (including phenoxy) is 1. The number of aliphatic hydroxyl groups is 1. The van der Waals surface area contributed by atoms with Gasteiger partial charge in [-0.25, -0.2) is 0 Å². The van der Waals surface area contributed by atoms with Crippen LogP contribution < -0.4 is 10.5 Å². The van der Waals surface area contributed by atoms with Crippen LogP contribution >= 0.6 is 0 Å². The van der Waals surface area contributed by atoms with Crippen molar-refractivity contribution in [1.29, 1.82) is 0 Å². The van der Waals surface area contributed by atoms with Gasteiger partial charge in [0.2, 0.25) is 0 Å². The van der Waals surface area contributed by atoms with Gasteiger partial charge in [-0.15, -0.1) is 0 Å². The molecule has 0 fully saturated rings. The number of hydrogen-bond donors (Lipinski definition) is 2. The van der Waals surface area contributed by atoms with E-state index in [1.807, 2.05) is 19.1 Å². The lowest BCUT2D eigenvalue weighted by Crippen LogP contribution is -2.38. The zero-order valence-corrected chi connectivity index (χ0v) is 13.4. The van der Waals surface area contributed by atoms with Crippen LogP contribution in [0, 0.1) is 0 Å². The van der Waals surface area contributed by atoms with Crippen LogP contribution in [0.1, 0.15) is 53.0 Å². The van der Waals surface area contributed by atoms with Crippen molar-refractivity contribution < 1.29 is 9.84 Å². The molecule has 0 saturated heterocycles. The average molecular weight is 279 g/mol. The van der Waals surface area contributed by atoms with Gasteiger partial charge in [-0.1, -0.05) is 32.9 Å². The monoisotopic (exact) mass is 279 g/mol. The summed E-state index contributed by atoms with van der Waals surface area (Å²) in [5.74, 6) is 0.834. The van der Waals surface area contributed by atoms with E-state index in [9.17, 15) is 5.11 Å². The lowest BCUT2D eigenvalue weighted by molar-refractivity contribution is 0.0237. The molecule has 0 saturated carbocycles. The molecule has 0 heterocycles. The fourth-order valence-electron chi connectivity index (χ4n) is 2.17. The average Bonchev–Trinajstić information content (AvgIpc) is 2.38. The molecule has 0 aromatic heterocycles. The van der Waals surface area contributed by atoms with E-state index >= 15 is 0 Å². The van der Waals surface area contributed by atoms with E-state index in [0.717, 1.165) is 12.2 Å². The molecule has 0 amide bonds. The van der Waals surface area contributed by atoms with E-state index < -0.39 is 5.60 Å². The predicted molar refractivity (Wildman–Crippen MR) is 84.1 cm³/mol. The van der Waals surface area contributed by atoms with Crippen LogP contribution in [0.2, 0.25) is 0 Å². The first-order chi connectivity index (χ1) is 9.20. The lowest BCUT2D eigenvalue weighted by atomic mass is 9.82. The fourth-order valence-corrected chi connectivity index (χ4v) is 2.17. The Labute approximate surface area is 123 Å². The van der Waals surface area contributed by atoms with Gasteiger partial charge in [0, 0.05) is 13.0 Å². The van der Waals surface area contributed by atoms with Crippen molar-refractivity contribution in [2.45, 2.75) is 64.6 Å². The molecule has 0 aliphatic carbocycles. The van der Waals surface area contributed by atoms with Crippen molar-refractivity contribution in [3.05, 3.63) is 29.8 Å². The standard InChI is InChI=1S/C17H29NO2/c1-6-16(3,4)14-7-9-15(10-8-14)20-13(2)11-17(5,19)12-18/h7-10,13,19H,6,11-12,18H2,1-5H3. The van der Waals surface area contributed by atoms with Crippen LogP contribution in [0.15, 0.2) is 24.3 Å². The van der Waals surface area contributed by atoms with E-state index in [0.29, 0.717) is 6.42 Å². The molecule has 3 nitrogen and oxygen atoms in total. The largest absolute Gasteiger partial charge is 0.491 e. The first kappa shape index (κ1) is 17.0. The van der Waals surface area contributed by atoms with Crippen molar-refractivity contribution in [1.82, 2.24) is 0 Å². The van der Waals surface area contributed by atoms with E-state index in [2.05, 4.69) is 32.9 Å². The van der Waals surface area contributed by atoms with Crippen molar-refractivity contribution in [2.24, 2.45) is 5.73 Å².